The summed E-state index contributed by atoms with van der Waals surface area (Å²) in [7, 11) is 1.29. The first-order chi connectivity index (χ1) is 9.63. The number of ether oxygens (including phenoxy) is 2. The smallest absolute Gasteiger partial charge is 0.373 e. The summed E-state index contributed by atoms with van der Waals surface area (Å²) < 4.78 is 15.6. The second-order valence-electron chi connectivity index (χ2n) is 4.09. The molecule has 0 fully saturated rings. The van der Waals surface area contributed by atoms with Gasteiger partial charge in [-0.05, 0) is 37.3 Å². The molecule has 20 heavy (non-hydrogen) atoms. The number of carbonyl (C=O) groups is 1. The van der Waals surface area contributed by atoms with Crippen LogP contribution in [-0.2, 0) is 4.74 Å². The highest BCUT2D eigenvalue weighted by atomic mass is 16.5. The van der Waals surface area contributed by atoms with Crippen LogP contribution in [0.2, 0.25) is 0 Å². The van der Waals surface area contributed by atoms with Gasteiger partial charge in [-0.15, -0.1) is 0 Å². The molecule has 0 spiro atoms. The molecule has 5 nitrogen and oxygen atoms in total. The fourth-order valence-electron chi connectivity index (χ4n) is 1.68. The molecule has 5 heteroatoms. The zero-order chi connectivity index (χ0) is 14.5. The number of rotatable bonds is 4. The summed E-state index contributed by atoms with van der Waals surface area (Å²) in [4.78, 5) is 11.3. The Labute approximate surface area is 116 Å². The first kappa shape index (κ1) is 13.7. The summed E-state index contributed by atoms with van der Waals surface area (Å²) in [6.45, 7) is 1.79. The molecule has 0 aliphatic rings. The van der Waals surface area contributed by atoms with E-state index in [1.807, 2.05) is 6.07 Å². The first-order valence-electron chi connectivity index (χ1n) is 5.99. The van der Waals surface area contributed by atoms with Gasteiger partial charge < -0.3 is 13.9 Å². The second kappa shape index (κ2) is 5.93. The van der Waals surface area contributed by atoms with Gasteiger partial charge in [-0.1, -0.05) is 6.07 Å². The monoisotopic (exact) mass is 271 g/mol. The number of methoxy groups -OCH3 is 1. The first-order valence-corrected chi connectivity index (χ1v) is 5.99. The minimum absolute atomic E-state index is 0.128. The molecule has 1 atom stereocenters. The van der Waals surface area contributed by atoms with Crippen molar-refractivity contribution >= 4 is 5.97 Å². The Morgan fingerprint density at radius 3 is 2.85 bits per heavy atom. The van der Waals surface area contributed by atoms with E-state index < -0.39 is 5.97 Å². The van der Waals surface area contributed by atoms with Gasteiger partial charge in [-0.2, -0.15) is 5.26 Å². The summed E-state index contributed by atoms with van der Waals surface area (Å²) in [5.74, 6) is 0.666. The summed E-state index contributed by atoms with van der Waals surface area (Å²) in [5.41, 5.74) is 0.518. The number of benzene rings is 1. The average molecular weight is 271 g/mol. The molecule has 0 aliphatic carbocycles. The number of hydrogen-bond acceptors (Lipinski definition) is 5. The standard InChI is InChI=1S/C15H13NO4/c1-10(13-6-7-14(20-13)15(17)18-2)19-12-5-3-4-11(8-12)9-16/h3-8,10H,1-2H3. The zero-order valence-electron chi connectivity index (χ0n) is 11.1. The molecule has 0 amide bonds. The van der Waals surface area contributed by atoms with Gasteiger partial charge in [-0.25, -0.2) is 4.79 Å². The molecule has 2 rings (SSSR count). The largest absolute Gasteiger partial charge is 0.483 e. The molecular weight excluding hydrogens is 258 g/mol. The molecule has 102 valence electrons. The highest BCUT2D eigenvalue weighted by Crippen LogP contribution is 2.24. The van der Waals surface area contributed by atoms with Crippen molar-refractivity contribution in [2.75, 3.05) is 7.11 Å². The van der Waals surface area contributed by atoms with Crippen LogP contribution in [0.3, 0.4) is 0 Å². The predicted molar refractivity (Wildman–Crippen MR) is 70.2 cm³/mol. The van der Waals surface area contributed by atoms with Crippen molar-refractivity contribution in [1.82, 2.24) is 0 Å². The summed E-state index contributed by atoms with van der Waals surface area (Å²) in [5, 5.41) is 8.83. The van der Waals surface area contributed by atoms with E-state index >= 15 is 0 Å². The number of carbonyl (C=O) groups excluding carboxylic acids is 1. The van der Waals surface area contributed by atoms with E-state index in [0.29, 0.717) is 17.1 Å². The number of hydrogen-bond donors (Lipinski definition) is 0. The highest BCUT2D eigenvalue weighted by Gasteiger charge is 2.16. The van der Waals surface area contributed by atoms with Crippen LogP contribution in [0, 0.1) is 11.3 Å². The molecule has 0 N–H and O–H groups in total. The van der Waals surface area contributed by atoms with E-state index in [1.54, 1.807) is 37.3 Å². The fourth-order valence-corrected chi connectivity index (χ4v) is 1.68. The SMILES string of the molecule is COC(=O)c1ccc(C(C)Oc2cccc(C#N)c2)o1. The lowest BCUT2D eigenvalue weighted by molar-refractivity contribution is 0.0558. The maximum absolute atomic E-state index is 11.3. The van der Waals surface area contributed by atoms with Gasteiger partial charge in [0.05, 0.1) is 18.7 Å². The van der Waals surface area contributed by atoms with Crippen LogP contribution in [0.25, 0.3) is 0 Å². The maximum atomic E-state index is 11.3. The van der Waals surface area contributed by atoms with Gasteiger partial charge in [0.1, 0.15) is 11.5 Å². The van der Waals surface area contributed by atoms with Crippen LogP contribution in [0.4, 0.5) is 0 Å². The van der Waals surface area contributed by atoms with Gasteiger partial charge in [0.25, 0.3) is 0 Å². The zero-order valence-corrected chi connectivity index (χ0v) is 11.1. The van der Waals surface area contributed by atoms with E-state index in [4.69, 9.17) is 14.4 Å². The third-order valence-corrected chi connectivity index (χ3v) is 2.69. The molecule has 1 heterocycles. The normalized spacial score (nSPS) is 11.4. The van der Waals surface area contributed by atoms with E-state index in [9.17, 15) is 4.79 Å². The van der Waals surface area contributed by atoms with Gasteiger partial charge in [0.15, 0.2) is 6.10 Å². The van der Waals surface area contributed by atoms with Crippen LogP contribution in [0.1, 0.15) is 34.9 Å². The van der Waals surface area contributed by atoms with Crippen molar-refractivity contribution in [1.29, 1.82) is 5.26 Å². The van der Waals surface area contributed by atoms with Gasteiger partial charge >= 0.3 is 5.97 Å². The van der Waals surface area contributed by atoms with Crippen molar-refractivity contribution in [2.24, 2.45) is 0 Å². The van der Waals surface area contributed by atoms with Crippen molar-refractivity contribution in [3.05, 3.63) is 53.5 Å². The summed E-state index contributed by atoms with van der Waals surface area (Å²) in [6, 6.07) is 12.1. The molecule has 1 aromatic carbocycles. The van der Waals surface area contributed by atoms with E-state index in [2.05, 4.69) is 4.74 Å². The van der Waals surface area contributed by atoms with Gasteiger partial charge in [-0.3, -0.25) is 0 Å². The molecule has 0 saturated heterocycles. The molecular formula is C15H13NO4. The number of esters is 1. The lowest BCUT2D eigenvalue weighted by Crippen LogP contribution is -2.02. The Bertz CT molecular complexity index is 654. The van der Waals surface area contributed by atoms with Crippen molar-refractivity contribution in [3.8, 4) is 11.8 Å². The molecule has 1 unspecified atom stereocenters. The van der Waals surface area contributed by atoms with Crippen molar-refractivity contribution in [2.45, 2.75) is 13.0 Å². The second-order valence-corrected chi connectivity index (χ2v) is 4.09. The molecule has 0 bridgehead atoms. The van der Waals surface area contributed by atoms with Crippen molar-refractivity contribution in [3.63, 3.8) is 0 Å². The molecule has 0 radical (unpaired) electrons. The summed E-state index contributed by atoms with van der Waals surface area (Å²) >= 11 is 0. The third-order valence-electron chi connectivity index (χ3n) is 2.69. The Kier molecular flexibility index (Phi) is 4.06. The van der Waals surface area contributed by atoms with Crippen LogP contribution in [-0.4, -0.2) is 13.1 Å². The quantitative estimate of drug-likeness (QED) is 0.799. The number of furan rings is 1. The molecule has 2 aromatic rings. The summed E-state index contributed by atoms with van der Waals surface area (Å²) in [6.07, 6.45) is -0.387. The Balaban J connectivity index is 2.11. The lowest BCUT2D eigenvalue weighted by atomic mass is 10.2. The lowest BCUT2D eigenvalue weighted by Gasteiger charge is -2.12. The molecule has 0 aliphatic heterocycles. The van der Waals surface area contributed by atoms with Gasteiger partial charge in [0, 0.05) is 0 Å². The topological polar surface area (TPSA) is 72.5 Å². The average Bonchev–Trinajstić information content (AvgIpc) is 2.96. The highest BCUT2D eigenvalue weighted by molar-refractivity contribution is 5.86. The molecule has 1 aromatic heterocycles. The fraction of sp³-hybridized carbons (Fsp3) is 0.200. The number of nitriles is 1. The van der Waals surface area contributed by atoms with Crippen LogP contribution in [0.5, 0.6) is 5.75 Å². The van der Waals surface area contributed by atoms with E-state index in [0.717, 1.165) is 0 Å². The maximum Gasteiger partial charge on any atom is 0.373 e. The minimum atomic E-state index is -0.532. The molecule has 0 saturated carbocycles. The van der Waals surface area contributed by atoms with Crippen LogP contribution >= 0.6 is 0 Å². The van der Waals surface area contributed by atoms with Crippen LogP contribution in [0.15, 0.2) is 40.8 Å². The number of nitrogens with zero attached hydrogens (tertiary/aromatic N) is 1. The van der Waals surface area contributed by atoms with Crippen LogP contribution < -0.4 is 4.74 Å². The van der Waals surface area contributed by atoms with E-state index in [1.165, 1.54) is 13.2 Å². The Hall–Kier alpha value is -2.74. The van der Waals surface area contributed by atoms with Crippen molar-refractivity contribution < 1.29 is 18.7 Å². The van der Waals surface area contributed by atoms with Gasteiger partial charge in [0.2, 0.25) is 5.76 Å². The minimum Gasteiger partial charge on any atom is -0.483 e. The Morgan fingerprint density at radius 1 is 1.35 bits per heavy atom. The van der Waals surface area contributed by atoms with E-state index in [-0.39, 0.29) is 11.9 Å². The predicted octanol–water partition coefficient (Wildman–Crippen LogP) is 3.08. The third kappa shape index (κ3) is 2.98. The Morgan fingerprint density at radius 2 is 2.15 bits per heavy atom.